The number of ether oxygens (including phenoxy) is 2. The van der Waals surface area contributed by atoms with Crippen LogP contribution in [0.2, 0.25) is 0 Å². The Hall–Kier alpha value is -2.99. The summed E-state index contributed by atoms with van der Waals surface area (Å²) in [5, 5.41) is 0.663. The molecule has 0 amide bonds. The summed E-state index contributed by atoms with van der Waals surface area (Å²) in [6.07, 6.45) is 6.61. The van der Waals surface area contributed by atoms with Gasteiger partial charge in [-0.1, -0.05) is 70.3 Å². The van der Waals surface area contributed by atoms with Crippen LogP contribution < -0.4 is 15.2 Å². The highest BCUT2D eigenvalue weighted by Gasteiger charge is 2.24. The first-order chi connectivity index (χ1) is 18.8. The third-order valence-electron chi connectivity index (χ3n) is 6.26. The molecule has 0 saturated heterocycles. The second-order valence-corrected chi connectivity index (χ2v) is 10.1. The number of ketones is 1. The van der Waals surface area contributed by atoms with Crippen molar-refractivity contribution in [2.75, 3.05) is 7.11 Å². The normalized spacial score (nSPS) is 14.4. The molecule has 2 aromatic rings. The SMILES string of the molecule is C=C(/N=C(C)/C(=C\N)C(CC(C)=O)c1ccc(OC2CCCC2)c(OC)c1)Sc1ccccc1C.CC.CC. The van der Waals surface area contributed by atoms with Gasteiger partial charge in [0.2, 0.25) is 0 Å². The van der Waals surface area contributed by atoms with E-state index in [1.54, 1.807) is 20.2 Å². The number of methoxy groups -OCH3 is 1. The Bertz CT molecular complexity index is 1120. The fourth-order valence-electron chi connectivity index (χ4n) is 4.44. The number of Topliss-reactive ketones (excluding diaryl/α,β-unsaturated/α-hetero) is 1. The molecule has 39 heavy (non-hydrogen) atoms. The van der Waals surface area contributed by atoms with Gasteiger partial charge in [-0.15, -0.1) is 0 Å². The number of rotatable bonds is 11. The lowest BCUT2D eigenvalue weighted by Gasteiger charge is -2.22. The van der Waals surface area contributed by atoms with Gasteiger partial charge in [0.1, 0.15) is 5.78 Å². The van der Waals surface area contributed by atoms with Crippen molar-refractivity contribution in [3.8, 4) is 11.5 Å². The van der Waals surface area contributed by atoms with Gasteiger partial charge in [-0.05, 0) is 87.6 Å². The highest BCUT2D eigenvalue weighted by Crippen LogP contribution is 2.38. The summed E-state index contributed by atoms with van der Waals surface area (Å²) in [5.74, 6) is 1.21. The fourth-order valence-corrected chi connectivity index (χ4v) is 5.25. The monoisotopic (exact) mass is 552 g/mol. The summed E-state index contributed by atoms with van der Waals surface area (Å²) < 4.78 is 11.9. The third-order valence-corrected chi connectivity index (χ3v) is 7.27. The van der Waals surface area contributed by atoms with Crippen molar-refractivity contribution in [1.29, 1.82) is 0 Å². The highest BCUT2D eigenvalue weighted by molar-refractivity contribution is 8.03. The van der Waals surface area contributed by atoms with Crippen LogP contribution in [0.5, 0.6) is 11.5 Å². The molecule has 1 saturated carbocycles. The quantitative estimate of drug-likeness (QED) is 0.222. The standard InChI is InChI=1S/C29H36N2O3S.2C2H6/c1-19-10-6-9-13-29(19)35-22(4)31-21(3)26(18-30)25(16-20(2)32)23-14-15-27(28(17-23)33-5)34-24-11-7-8-12-24;2*1-2/h6,9-10,13-15,17-18,24-25H,4,7-8,11-12,16,30H2,1-3,5H3;2*1-2H3/b26-18+,31-21+;;. The second kappa shape index (κ2) is 18.3. The summed E-state index contributed by atoms with van der Waals surface area (Å²) in [6.45, 7) is 17.7. The zero-order valence-corrected chi connectivity index (χ0v) is 26.0. The third kappa shape index (κ3) is 10.6. The number of aliphatic imine (C=N–C) groups is 1. The molecule has 2 N–H and O–H groups in total. The lowest BCUT2D eigenvalue weighted by molar-refractivity contribution is -0.117. The van der Waals surface area contributed by atoms with Gasteiger partial charge in [0, 0.05) is 22.9 Å². The van der Waals surface area contributed by atoms with E-state index in [1.807, 2.05) is 65.0 Å². The van der Waals surface area contributed by atoms with Gasteiger partial charge in [-0.25, -0.2) is 4.99 Å². The van der Waals surface area contributed by atoms with E-state index in [9.17, 15) is 4.79 Å². The zero-order valence-electron chi connectivity index (χ0n) is 25.2. The van der Waals surface area contributed by atoms with Crippen LogP contribution in [0.25, 0.3) is 0 Å². The van der Waals surface area contributed by atoms with E-state index >= 15 is 0 Å². The molecule has 6 heteroatoms. The minimum absolute atomic E-state index is 0.0699. The van der Waals surface area contributed by atoms with Crippen LogP contribution in [0.15, 0.2) is 75.7 Å². The topological polar surface area (TPSA) is 73.9 Å². The molecule has 0 spiro atoms. The average Bonchev–Trinajstić information content (AvgIpc) is 3.45. The number of hydrogen-bond donors (Lipinski definition) is 1. The van der Waals surface area contributed by atoms with Crippen LogP contribution in [0.3, 0.4) is 0 Å². The Morgan fingerprint density at radius 2 is 1.74 bits per heavy atom. The van der Waals surface area contributed by atoms with Crippen LogP contribution in [-0.4, -0.2) is 24.7 Å². The van der Waals surface area contributed by atoms with Crippen LogP contribution >= 0.6 is 11.8 Å². The molecule has 1 fully saturated rings. The summed E-state index contributed by atoms with van der Waals surface area (Å²) >= 11 is 1.52. The van der Waals surface area contributed by atoms with Crippen LogP contribution in [0.4, 0.5) is 0 Å². The molecule has 0 radical (unpaired) electrons. The van der Waals surface area contributed by atoms with E-state index in [2.05, 4.69) is 25.6 Å². The van der Waals surface area contributed by atoms with E-state index in [0.717, 1.165) is 40.3 Å². The molecule has 3 rings (SSSR count). The van der Waals surface area contributed by atoms with Gasteiger partial charge in [-0.3, -0.25) is 4.79 Å². The van der Waals surface area contributed by atoms with Crippen LogP contribution in [0.1, 0.15) is 90.7 Å². The number of nitrogens with zero attached hydrogens (tertiary/aromatic N) is 1. The number of carbonyl (C=O) groups excluding carboxylic acids is 1. The smallest absolute Gasteiger partial charge is 0.161 e. The van der Waals surface area contributed by atoms with Gasteiger partial charge >= 0.3 is 0 Å². The van der Waals surface area contributed by atoms with Crippen molar-refractivity contribution in [2.45, 2.75) is 97.5 Å². The van der Waals surface area contributed by atoms with Gasteiger partial charge in [0.05, 0.1) is 18.2 Å². The molecule has 214 valence electrons. The molecule has 1 aliphatic carbocycles. The maximum Gasteiger partial charge on any atom is 0.161 e. The number of allylic oxidation sites excluding steroid dienone is 1. The number of hydrogen-bond acceptors (Lipinski definition) is 6. The fraction of sp³-hybridized carbons (Fsp3) is 0.455. The van der Waals surface area contributed by atoms with Crippen molar-refractivity contribution in [2.24, 2.45) is 10.7 Å². The predicted molar refractivity (Wildman–Crippen MR) is 168 cm³/mol. The largest absolute Gasteiger partial charge is 0.493 e. The molecule has 0 aliphatic heterocycles. The van der Waals surface area contributed by atoms with Gasteiger partial charge < -0.3 is 15.2 Å². The Kier molecular flexibility index (Phi) is 16.0. The predicted octanol–water partition coefficient (Wildman–Crippen LogP) is 9.01. The van der Waals surface area contributed by atoms with Crippen molar-refractivity contribution in [1.82, 2.24) is 0 Å². The number of aryl methyl sites for hydroxylation is 1. The molecule has 0 aromatic heterocycles. The van der Waals surface area contributed by atoms with Gasteiger partial charge in [0.15, 0.2) is 11.5 Å². The van der Waals surface area contributed by atoms with Crippen molar-refractivity contribution < 1.29 is 14.3 Å². The van der Waals surface area contributed by atoms with Crippen LogP contribution in [0, 0.1) is 6.92 Å². The molecular weight excluding hydrogens is 504 g/mol. The molecule has 5 nitrogen and oxygen atoms in total. The first-order valence-electron chi connectivity index (χ1n) is 14.1. The Balaban J connectivity index is 0.00000181. The lowest BCUT2D eigenvalue weighted by atomic mass is 9.85. The van der Waals surface area contributed by atoms with E-state index in [0.29, 0.717) is 17.2 Å². The highest BCUT2D eigenvalue weighted by atomic mass is 32.2. The molecule has 1 unspecified atom stereocenters. The van der Waals surface area contributed by atoms with Gasteiger partial charge in [0.25, 0.3) is 0 Å². The van der Waals surface area contributed by atoms with Crippen molar-refractivity contribution in [3.63, 3.8) is 0 Å². The van der Waals surface area contributed by atoms with E-state index in [1.165, 1.54) is 30.2 Å². The average molecular weight is 553 g/mol. The molecule has 1 atom stereocenters. The number of benzene rings is 2. The first-order valence-corrected chi connectivity index (χ1v) is 14.9. The molecule has 1 aliphatic rings. The van der Waals surface area contributed by atoms with E-state index in [4.69, 9.17) is 20.2 Å². The molecular formula is C33H48N2O3S. The number of thioether (sulfide) groups is 1. The van der Waals surface area contributed by atoms with Crippen molar-refractivity contribution >= 4 is 23.3 Å². The summed E-state index contributed by atoms with van der Waals surface area (Å²) in [5.41, 5.74) is 9.72. The Labute approximate surface area is 241 Å². The Morgan fingerprint density at radius 3 is 2.31 bits per heavy atom. The summed E-state index contributed by atoms with van der Waals surface area (Å²) in [6, 6.07) is 14.0. The summed E-state index contributed by atoms with van der Waals surface area (Å²) in [7, 11) is 1.64. The van der Waals surface area contributed by atoms with E-state index in [-0.39, 0.29) is 17.8 Å². The molecule has 2 aromatic carbocycles. The molecule has 0 bridgehead atoms. The maximum absolute atomic E-state index is 12.2. The zero-order chi connectivity index (χ0) is 29.4. The second-order valence-electron chi connectivity index (χ2n) is 8.97. The minimum atomic E-state index is -0.257. The maximum atomic E-state index is 12.2. The summed E-state index contributed by atoms with van der Waals surface area (Å²) in [4.78, 5) is 18.1. The minimum Gasteiger partial charge on any atom is -0.493 e. The lowest BCUT2D eigenvalue weighted by Crippen LogP contribution is -2.15. The van der Waals surface area contributed by atoms with Gasteiger partial charge in [-0.2, -0.15) is 0 Å². The Morgan fingerprint density at radius 1 is 1.10 bits per heavy atom. The van der Waals surface area contributed by atoms with E-state index < -0.39 is 0 Å². The van der Waals surface area contributed by atoms with Crippen LogP contribution in [-0.2, 0) is 4.79 Å². The first kappa shape index (κ1) is 34.0. The van der Waals surface area contributed by atoms with Crippen molar-refractivity contribution in [3.05, 3.63) is 77.0 Å². The molecule has 0 heterocycles. The number of carbonyl (C=O) groups is 1. The number of nitrogens with two attached hydrogens (primary N) is 1.